The van der Waals surface area contributed by atoms with Crippen LogP contribution in [0.25, 0.3) is 21.3 Å². The summed E-state index contributed by atoms with van der Waals surface area (Å²) in [6, 6.07) is 16.8. The van der Waals surface area contributed by atoms with Gasteiger partial charge in [0.1, 0.15) is 17.9 Å². The Labute approximate surface area is 409 Å². The standard InChI is InChI=1S/C53H69N9O6S/c1-34-46(69-33-57-34)36-18-16-35(17-19-36)30-56-50(67)42-28-40(63)32-62(42)51(68)47(52(2,3)4)61-45(64)15-12-10-8-6-7-9-11-13-25-54-48(65)37-20-22-38(23-21-37)49(66)60-44-29-41-39(31-55-44)27-43(59-41)53(5)24-14-26-58-53/h16-23,27,29,31,33,40,42,47,58-59,63H,6-15,24-26,28,30,32H2,1-5H3,(H,54,65)(H,56,67)(H,61,64)(H,55,60,66)/t40-,42+,47-,53+/m1/s1. The number of nitrogens with one attached hydrogen (secondary N) is 6. The average Bonchev–Trinajstić information content (AvgIpc) is 4.16. The summed E-state index contributed by atoms with van der Waals surface area (Å²) in [5, 5.41) is 26.9. The molecule has 0 saturated carbocycles. The second-order valence-electron chi connectivity index (χ2n) is 20.0. The predicted octanol–water partition coefficient (Wildman–Crippen LogP) is 7.90. The normalized spacial score (nSPS) is 18.6. The molecule has 3 aromatic heterocycles. The third-order valence-electron chi connectivity index (χ3n) is 13.4. The highest BCUT2D eigenvalue weighted by Crippen LogP contribution is 2.33. The summed E-state index contributed by atoms with van der Waals surface area (Å²) in [6.07, 6.45) is 11.1. The minimum atomic E-state index is -0.857. The first-order valence-electron chi connectivity index (χ1n) is 24.6. The molecular weight excluding hydrogens is 891 g/mol. The number of likely N-dealkylation sites (tertiary alicyclic amines) is 1. The molecule has 0 spiro atoms. The first-order valence-corrected chi connectivity index (χ1v) is 25.4. The van der Waals surface area contributed by atoms with E-state index in [1.54, 1.807) is 41.8 Å². The van der Waals surface area contributed by atoms with Gasteiger partial charge < -0.3 is 41.6 Å². The van der Waals surface area contributed by atoms with Crippen LogP contribution in [0, 0.1) is 12.3 Å². The van der Waals surface area contributed by atoms with E-state index >= 15 is 0 Å². The Balaban J connectivity index is 0.744. The monoisotopic (exact) mass is 960 g/mol. The molecule has 7 N–H and O–H groups in total. The maximum atomic E-state index is 14.0. The van der Waals surface area contributed by atoms with Gasteiger partial charge in [-0.3, -0.25) is 24.0 Å². The third-order valence-corrected chi connectivity index (χ3v) is 14.4. The first kappa shape index (κ1) is 50.9. The van der Waals surface area contributed by atoms with Gasteiger partial charge in [-0.25, -0.2) is 9.97 Å². The van der Waals surface area contributed by atoms with Crippen molar-refractivity contribution in [1.29, 1.82) is 0 Å². The molecule has 4 atom stereocenters. The molecule has 2 aromatic carbocycles. The number of fused-ring (bicyclic) bond motifs is 1. The zero-order chi connectivity index (χ0) is 49.1. The number of carbonyl (C=O) groups is 5. The Morgan fingerprint density at radius 1 is 0.884 bits per heavy atom. The minimum absolute atomic E-state index is 0.0276. The van der Waals surface area contributed by atoms with Gasteiger partial charge in [-0.05, 0) is 92.9 Å². The molecule has 2 aliphatic rings. The maximum Gasteiger partial charge on any atom is 0.256 e. The van der Waals surface area contributed by atoms with Crippen LogP contribution in [0.3, 0.4) is 0 Å². The molecule has 0 aliphatic carbocycles. The van der Waals surface area contributed by atoms with Gasteiger partial charge in [-0.15, -0.1) is 11.3 Å². The molecule has 5 amide bonds. The summed E-state index contributed by atoms with van der Waals surface area (Å²) in [7, 11) is 0. The molecule has 2 saturated heterocycles. The topological polar surface area (TPSA) is 211 Å². The Bertz CT molecular complexity index is 2560. The Morgan fingerprint density at radius 2 is 1.57 bits per heavy atom. The zero-order valence-electron chi connectivity index (χ0n) is 40.7. The fraction of sp³-hybridized carbons (Fsp3) is 0.491. The molecule has 15 nitrogen and oxygen atoms in total. The number of rotatable bonds is 21. The summed E-state index contributed by atoms with van der Waals surface area (Å²) < 4.78 is 0. The molecule has 2 fully saturated rings. The fourth-order valence-corrected chi connectivity index (χ4v) is 10.1. The summed E-state index contributed by atoms with van der Waals surface area (Å²) in [6.45, 7) is 11.7. The molecule has 0 unspecified atom stereocenters. The number of unbranched alkanes of at least 4 members (excludes halogenated alkanes) is 7. The van der Waals surface area contributed by atoms with Gasteiger partial charge in [-0.1, -0.05) is 83.6 Å². The van der Waals surface area contributed by atoms with E-state index in [2.05, 4.69) is 54.5 Å². The summed E-state index contributed by atoms with van der Waals surface area (Å²) in [5.41, 5.74) is 7.00. The van der Waals surface area contributed by atoms with Crippen LogP contribution in [0.5, 0.6) is 0 Å². The van der Waals surface area contributed by atoms with Gasteiger partial charge in [0.05, 0.1) is 33.2 Å². The third kappa shape index (κ3) is 13.4. The zero-order valence-corrected chi connectivity index (χ0v) is 41.5. The highest BCUT2D eigenvalue weighted by atomic mass is 32.1. The van der Waals surface area contributed by atoms with Gasteiger partial charge >= 0.3 is 0 Å². The molecule has 2 aliphatic heterocycles. The molecular formula is C53H69N9O6S. The van der Waals surface area contributed by atoms with Gasteiger partial charge in [0, 0.05) is 66.9 Å². The van der Waals surface area contributed by atoms with Crippen LogP contribution < -0.4 is 26.6 Å². The van der Waals surface area contributed by atoms with Crippen molar-refractivity contribution in [3.8, 4) is 10.4 Å². The number of aliphatic hydroxyl groups excluding tert-OH is 1. The highest BCUT2D eigenvalue weighted by Gasteiger charge is 2.44. The van der Waals surface area contributed by atoms with Crippen LogP contribution in [0.1, 0.15) is 142 Å². The van der Waals surface area contributed by atoms with Crippen LogP contribution in [-0.2, 0) is 26.5 Å². The number of hydrogen-bond donors (Lipinski definition) is 7. The molecule has 5 aromatic rings. The van der Waals surface area contributed by atoms with Crippen molar-refractivity contribution in [1.82, 2.24) is 41.1 Å². The van der Waals surface area contributed by atoms with E-state index in [0.29, 0.717) is 36.3 Å². The van der Waals surface area contributed by atoms with E-state index in [9.17, 15) is 29.1 Å². The number of thiazole rings is 1. The molecule has 16 heteroatoms. The number of aromatic amines is 1. The average molecular weight is 960 g/mol. The van der Waals surface area contributed by atoms with Crippen LogP contribution in [-0.4, -0.2) is 92.3 Å². The van der Waals surface area contributed by atoms with E-state index in [1.807, 2.05) is 63.5 Å². The number of pyridine rings is 1. The lowest BCUT2D eigenvalue weighted by Gasteiger charge is -2.35. The second kappa shape index (κ2) is 23.1. The number of anilines is 1. The SMILES string of the molecule is Cc1ncsc1-c1ccc(CNC(=O)[C@@H]2C[C@@H](O)CN2C(=O)[C@@H](NC(=O)CCCCCCCCCCNC(=O)c2ccc(C(=O)Nc3cc4[nH]c([C@]5(C)CCCN5)cc4cn3)cc2)C(C)(C)C)cc1. The molecule has 69 heavy (non-hydrogen) atoms. The lowest BCUT2D eigenvalue weighted by Crippen LogP contribution is -2.57. The number of carbonyl (C=O) groups excluding carboxylic acids is 5. The van der Waals surface area contributed by atoms with Crippen molar-refractivity contribution in [2.75, 3.05) is 25.0 Å². The van der Waals surface area contributed by atoms with Crippen molar-refractivity contribution in [2.45, 2.75) is 142 Å². The van der Waals surface area contributed by atoms with E-state index in [1.165, 1.54) is 4.90 Å². The van der Waals surface area contributed by atoms with Crippen molar-refractivity contribution in [3.63, 3.8) is 0 Å². The Kier molecular flexibility index (Phi) is 17.0. The highest BCUT2D eigenvalue weighted by molar-refractivity contribution is 7.13. The smallest absolute Gasteiger partial charge is 0.256 e. The van der Waals surface area contributed by atoms with Crippen molar-refractivity contribution in [2.24, 2.45) is 5.41 Å². The summed E-state index contributed by atoms with van der Waals surface area (Å²) in [4.78, 5) is 81.2. The largest absolute Gasteiger partial charge is 0.391 e. The number of aryl methyl sites for hydroxylation is 1. The number of hydrogen-bond acceptors (Lipinski definition) is 10. The quantitative estimate of drug-likeness (QED) is 0.0356. The lowest BCUT2D eigenvalue weighted by atomic mass is 9.85. The van der Waals surface area contributed by atoms with Gasteiger partial charge in [0.25, 0.3) is 11.8 Å². The van der Waals surface area contributed by atoms with E-state index < -0.39 is 23.6 Å². The van der Waals surface area contributed by atoms with E-state index in [0.717, 1.165) is 103 Å². The van der Waals surface area contributed by atoms with Crippen molar-refractivity contribution in [3.05, 3.63) is 100 Å². The van der Waals surface area contributed by atoms with E-state index in [-0.39, 0.29) is 54.6 Å². The number of benzene rings is 2. The predicted molar refractivity (Wildman–Crippen MR) is 271 cm³/mol. The molecule has 0 radical (unpaired) electrons. The number of aromatic nitrogens is 3. The van der Waals surface area contributed by atoms with Crippen LogP contribution in [0.15, 0.2) is 72.4 Å². The van der Waals surface area contributed by atoms with Crippen molar-refractivity contribution < 1.29 is 29.1 Å². The maximum absolute atomic E-state index is 14.0. The lowest BCUT2D eigenvalue weighted by molar-refractivity contribution is -0.144. The number of nitrogens with zero attached hydrogens (tertiary/aromatic N) is 3. The van der Waals surface area contributed by atoms with Crippen LogP contribution in [0.4, 0.5) is 5.82 Å². The molecule has 0 bridgehead atoms. The first-order chi connectivity index (χ1) is 33.1. The van der Waals surface area contributed by atoms with Gasteiger partial charge in [-0.2, -0.15) is 0 Å². The summed E-state index contributed by atoms with van der Waals surface area (Å²) >= 11 is 1.58. The van der Waals surface area contributed by atoms with E-state index in [4.69, 9.17) is 0 Å². The van der Waals surface area contributed by atoms with Crippen LogP contribution in [0.2, 0.25) is 0 Å². The second-order valence-corrected chi connectivity index (χ2v) is 20.9. The number of amides is 5. The van der Waals surface area contributed by atoms with Gasteiger partial charge in [0.15, 0.2) is 0 Å². The fourth-order valence-electron chi connectivity index (χ4n) is 9.27. The molecule has 7 rings (SSSR count). The number of β-amino-alcohol motifs (C(OH)–C–C–N with tert-alkyl or cyclic N) is 1. The van der Waals surface area contributed by atoms with Gasteiger partial charge in [0.2, 0.25) is 17.7 Å². The Morgan fingerprint density at radius 3 is 2.22 bits per heavy atom. The molecule has 5 heterocycles. The molecule has 368 valence electrons. The number of aliphatic hydroxyl groups is 1. The van der Waals surface area contributed by atoms with Crippen molar-refractivity contribution >= 4 is 57.6 Å². The minimum Gasteiger partial charge on any atom is -0.391 e. The number of H-pyrrole nitrogens is 1. The summed E-state index contributed by atoms with van der Waals surface area (Å²) in [5.74, 6) is -0.939. The Hall–Kier alpha value is -5.97. The van der Waals surface area contributed by atoms with Crippen LogP contribution >= 0.6 is 11.3 Å².